The average Bonchev–Trinajstić information content (AvgIpc) is 2.94. The summed E-state index contributed by atoms with van der Waals surface area (Å²) in [5, 5.41) is 8.04. The van der Waals surface area contributed by atoms with Crippen molar-refractivity contribution in [2.45, 2.75) is 58.5 Å². The Morgan fingerprint density at radius 1 is 1.21 bits per heavy atom. The van der Waals surface area contributed by atoms with Gasteiger partial charge >= 0.3 is 0 Å². The largest absolute Gasteiger partial charge is 0.381 e. The molecule has 2 heterocycles. The molecule has 2 aromatic carbocycles. The van der Waals surface area contributed by atoms with Gasteiger partial charge in [-0.15, -0.1) is 0 Å². The van der Waals surface area contributed by atoms with E-state index in [-0.39, 0.29) is 27.8 Å². The van der Waals surface area contributed by atoms with Crippen LogP contribution in [0.25, 0.3) is 22.0 Å². The number of benzene rings is 2. The van der Waals surface area contributed by atoms with Gasteiger partial charge in [0.2, 0.25) is 0 Å². The maximum atomic E-state index is 14.5. The Morgan fingerprint density at radius 3 is 2.56 bits per heavy atom. The highest BCUT2D eigenvalue weighted by Crippen LogP contribution is 2.42. The molecule has 1 aliphatic carbocycles. The molecule has 1 saturated heterocycles. The maximum Gasteiger partial charge on any atom is 0.163 e. The lowest BCUT2D eigenvalue weighted by molar-refractivity contribution is 0.0450. The summed E-state index contributed by atoms with van der Waals surface area (Å²) in [6, 6.07) is 9.30. The van der Waals surface area contributed by atoms with E-state index in [1.165, 1.54) is 6.07 Å². The second-order valence-corrected chi connectivity index (χ2v) is 11.7. The minimum Gasteiger partial charge on any atom is -0.381 e. The van der Waals surface area contributed by atoms with Gasteiger partial charge in [0.15, 0.2) is 12.1 Å². The topological polar surface area (TPSA) is 74.3 Å². The monoisotopic (exact) mass is 550 g/mol. The predicted molar refractivity (Wildman–Crippen MR) is 155 cm³/mol. The van der Waals surface area contributed by atoms with Gasteiger partial charge in [0, 0.05) is 49.8 Å². The van der Waals surface area contributed by atoms with Gasteiger partial charge in [-0.2, -0.15) is 0 Å². The molecular formula is C31H36ClFN4O2. The van der Waals surface area contributed by atoms with Crippen LogP contribution in [0.3, 0.4) is 0 Å². The summed E-state index contributed by atoms with van der Waals surface area (Å²) in [7, 11) is 0. The van der Waals surface area contributed by atoms with E-state index in [4.69, 9.17) is 11.6 Å². The lowest BCUT2D eigenvalue weighted by Crippen LogP contribution is -2.53. The first kappa shape index (κ1) is 27.7. The summed E-state index contributed by atoms with van der Waals surface area (Å²) in [6.07, 6.45) is 6.32. The van der Waals surface area contributed by atoms with Crippen LogP contribution in [0.15, 0.2) is 36.5 Å². The first-order valence-corrected chi connectivity index (χ1v) is 14.2. The van der Waals surface area contributed by atoms with Gasteiger partial charge in [-0.05, 0) is 80.3 Å². The summed E-state index contributed by atoms with van der Waals surface area (Å²) >= 11 is 6.18. The quantitative estimate of drug-likeness (QED) is 0.263. The molecule has 8 heteroatoms. The number of piperazine rings is 1. The van der Waals surface area contributed by atoms with Crippen LogP contribution in [0.5, 0.6) is 0 Å². The van der Waals surface area contributed by atoms with Crippen LogP contribution in [0, 0.1) is 11.2 Å². The molecule has 2 N–H and O–H groups in total. The minimum atomic E-state index is -0.665. The molecule has 1 saturated carbocycles. The lowest BCUT2D eigenvalue weighted by atomic mass is 9.69. The van der Waals surface area contributed by atoms with Crippen molar-refractivity contribution in [3.05, 3.63) is 58.5 Å². The molecule has 2 aliphatic rings. The predicted octanol–water partition coefficient (Wildman–Crippen LogP) is 6.36. The molecule has 0 bridgehead atoms. The smallest absolute Gasteiger partial charge is 0.163 e. The van der Waals surface area contributed by atoms with E-state index in [0.717, 1.165) is 74.0 Å². The number of nitrogens with one attached hydrogen (secondary N) is 2. The van der Waals surface area contributed by atoms with Crippen molar-refractivity contribution >= 4 is 40.3 Å². The molecule has 6 nitrogen and oxygen atoms in total. The van der Waals surface area contributed by atoms with Crippen LogP contribution in [-0.4, -0.2) is 60.2 Å². The third-order valence-electron chi connectivity index (χ3n) is 8.96. The Morgan fingerprint density at radius 2 is 1.92 bits per heavy atom. The zero-order chi connectivity index (χ0) is 27.7. The van der Waals surface area contributed by atoms with Crippen molar-refractivity contribution in [3.63, 3.8) is 0 Å². The first-order chi connectivity index (χ1) is 18.7. The molecule has 1 unspecified atom stereocenters. The van der Waals surface area contributed by atoms with Gasteiger partial charge in [0.05, 0.1) is 27.4 Å². The number of rotatable bonds is 7. The fraction of sp³-hybridized carbons (Fsp3) is 0.452. The van der Waals surface area contributed by atoms with Crippen molar-refractivity contribution in [1.82, 2.24) is 15.2 Å². The van der Waals surface area contributed by atoms with Gasteiger partial charge in [-0.25, -0.2) is 4.39 Å². The van der Waals surface area contributed by atoms with Crippen molar-refractivity contribution in [3.8, 4) is 11.1 Å². The van der Waals surface area contributed by atoms with Gasteiger partial charge in [-0.3, -0.25) is 19.5 Å². The number of Topliss-reactive ketones (excluding diaryl/α,β-unsaturated/α-hetero) is 1. The molecule has 5 rings (SSSR count). The Labute approximate surface area is 234 Å². The van der Waals surface area contributed by atoms with Crippen LogP contribution in [0.1, 0.15) is 67.2 Å². The number of aromatic nitrogens is 1. The summed E-state index contributed by atoms with van der Waals surface area (Å²) in [4.78, 5) is 31.0. The van der Waals surface area contributed by atoms with Crippen LogP contribution in [-0.2, 0) is 0 Å². The number of anilines is 1. The summed E-state index contributed by atoms with van der Waals surface area (Å²) < 4.78 is 14.5. The molecule has 0 radical (unpaired) electrons. The fourth-order valence-corrected chi connectivity index (χ4v) is 6.46. The lowest BCUT2D eigenvalue weighted by Gasteiger charge is -2.47. The highest BCUT2D eigenvalue weighted by Gasteiger charge is 2.39. The number of fused-ring (bicyclic) bond motifs is 1. The molecule has 206 valence electrons. The van der Waals surface area contributed by atoms with Gasteiger partial charge in [0.25, 0.3) is 0 Å². The summed E-state index contributed by atoms with van der Waals surface area (Å²) in [5.41, 5.74) is 3.45. The Balaban J connectivity index is 1.43. The number of hydrogen-bond donors (Lipinski definition) is 2. The fourth-order valence-electron chi connectivity index (χ4n) is 6.21. The SMILES string of the molecule is CC(=O)c1cnc2ccc(-c3cc(F)c(C=O)c(Cl)c3)cc2c1NC1CCC(C)(C(C)N2CCNCC2)CC1. The number of aldehydes is 1. The molecular weight excluding hydrogens is 515 g/mol. The molecule has 2 fully saturated rings. The second kappa shape index (κ2) is 11.3. The zero-order valence-corrected chi connectivity index (χ0v) is 23.6. The van der Waals surface area contributed by atoms with E-state index >= 15 is 0 Å². The molecule has 1 atom stereocenters. The standard InChI is InChI=1S/C31H36ClFN4O2/c1-19(39)25-17-35-29-5-4-21(22-15-27(32)26(18-38)28(33)16-22)14-24(29)30(25)36-23-6-8-31(3,9-7-23)20(2)37-12-10-34-11-13-37/h4-5,14-18,20,23,34H,6-13H2,1-3H3,(H,35,36). The van der Waals surface area contributed by atoms with E-state index in [2.05, 4.69) is 34.4 Å². The van der Waals surface area contributed by atoms with Crippen molar-refractivity contribution in [2.24, 2.45) is 5.41 Å². The van der Waals surface area contributed by atoms with E-state index in [1.54, 1.807) is 19.2 Å². The van der Waals surface area contributed by atoms with Crippen molar-refractivity contribution in [1.29, 1.82) is 0 Å². The molecule has 1 aliphatic heterocycles. The molecule has 0 amide bonds. The Kier molecular flexibility index (Phi) is 8.04. The number of hydrogen-bond acceptors (Lipinski definition) is 6. The van der Waals surface area contributed by atoms with Crippen LogP contribution >= 0.6 is 11.6 Å². The minimum absolute atomic E-state index is 0.0605. The zero-order valence-electron chi connectivity index (χ0n) is 22.8. The average molecular weight is 551 g/mol. The molecule has 3 aromatic rings. The molecule has 0 spiro atoms. The maximum absolute atomic E-state index is 14.5. The summed E-state index contributed by atoms with van der Waals surface area (Å²) in [5.74, 6) is -0.725. The normalized spacial score (nSPS) is 22.9. The molecule has 1 aromatic heterocycles. The van der Waals surface area contributed by atoms with Gasteiger partial charge in [-0.1, -0.05) is 24.6 Å². The number of pyridine rings is 1. The Hall–Kier alpha value is -2.87. The van der Waals surface area contributed by atoms with Crippen molar-refractivity contribution in [2.75, 3.05) is 31.5 Å². The third-order valence-corrected chi connectivity index (χ3v) is 9.27. The van der Waals surface area contributed by atoms with E-state index in [1.807, 2.05) is 18.2 Å². The number of ketones is 1. The van der Waals surface area contributed by atoms with Gasteiger partial charge < -0.3 is 10.6 Å². The van der Waals surface area contributed by atoms with Gasteiger partial charge in [0.1, 0.15) is 5.82 Å². The first-order valence-electron chi connectivity index (χ1n) is 13.8. The van der Waals surface area contributed by atoms with E-state index in [0.29, 0.717) is 23.5 Å². The number of halogens is 2. The highest BCUT2D eigenvalue weighted by molar-refractivity contribution is 6.33. The highest BCUT2D eigenvalue weighted by atomic mass is 35.5. The molecule has 39 heavy (non-hydrogen) atoms. The van der Waals surface area contributed by atoms with Crippen molar-refractivity contribution < 1.29 is 14.0 Å². The number of nitrogens with zero attached hydrogens (tertiary/aromatic N) is 2. The number of carbonyl (C=O) groups excluding carboxylic acids is 2. The van der Waals surface area contributed by atoms with E-state index in [9.17, 15) is 14.0 Å². The third kappa shape index (κ3) is 5.58. The van der Waals surface area contributed by atoms with E-state index < -0.39 is 5.82 Å². The summed E-state index contributed by atoms with van der Waals surface area (Å²) in [6.45, 7) is 10.6. The van der Waals surface area contributed by atoms with Crippen LogP contribution in [0.4, 0.5) is 10.1 Å². The second-order valence-electron chi connectivity index (χ2n) is 11.3. The Bertz CT molecular complexity index is 1370. The van der Waals surface area contributed by atoms with Crippen LogP contribution in [0.2, 0.25) is 5.02 Å². The number of carbonyl (C=O) groups is 2. The van der Waals surface area contributed by atoms with Crippen LogP contribution < -0.4 is 10.6 Å².